The number of aromatic nitrogens is 1. The van der Waals surface area contributed by atoms with Gasteiger partial charge in [-0.3, -0.25) is 25.2 Å². The van der Waals surface area contributed by atoms with E-state index in [2.05, 4.69) is 16.2 Å². The van der Waals surface area contributed by atoms with Crippen LogP contribution >= 0.6 is 11.6 Å². The van der Waals surface area contributed by atoms with Crippen LogP contribution < -0.4 is 20.9 Å². The summed E-state index contributed by atoms with van der Waals surface area (Å²) in [7, 11) is 3.33. The number of nitrogens with one attached hydrogen (secondary N) is 3. The van der Waals surface area contributed by atoms with E-state index in [1.165, 1.54) is 0 Å². The van der Waals surface area contributed by atoms with Crippen molar-refractivity contribution in [3.8, 4) is 5.75 Å². The van der Waals surface area contributed by atoms with Crippen LogP contribution in [0.2, 0.25) is 5.02 Å². The number of hydrazine groups is 1. The molecule has 32 heavy (non-hydrogen) atoms. The minimum absolute atomic E-state index is 0.0844. The maximum absolute atomic E-state index is 12.5. The second kappa shape index (κ2) is 10.2. The monoisotopic (exact) mass is 456 g/mol. The van der Waals surface area contributed by atoms with Crippen LogP contribution in [0.4, 0.5) is 5.69 Å². The molecule has 0 saturated heterocycles. The number of halogens is 1. The van der Waals surface area contributed by atoms with Crippen LogP contribution in [0.25, 0.3) is 10.9 Å². The Kier molecular flexibility index (Phi) is 7.37. The van der Waals surface area contributed by atoms with Crippen molar-refractivity contribution in [1.82, 2.24) is 15.4 Å². The topological polar surface area (TPSA) is 101 Å². The smallest absolute Gasteiger partial charge is 0.286 e. The molecule has 0 aliphatic carbocycles. The summed E-state index contributed by atoms with van der Waals surface area (Å²) < 4.78 is 6.80. The minimum Gasteiger partial charge on any atom is -0.497 e. The van der Waals surface area contributed by atoms with Gasteiger partial charge in [-0.25, -0.2) is 0 Å². The number of hydrogen-bond donors (Lipinski definition) is 3. The SMILES string of the molecule is COc1ccc(NC(=O)CC(C)CC(=O)NNC(=O)c2cc3cc(Cl)ccc3n2C)cc1. The van der Waals surface area contributed by atoms with Crippen molar-refractivity contribution < 1.29 is 19.1 Å². The molecule has 168 valence electrons. The van der Waals surface area contributed by atoms with Crippen LogP contribution in [-0.2, 0) is 16.6 Å². The molecule has 0 radical (unpaired) electrons. The van der Waals surface area contributed by atoms with Gasteiger partial charge in [0.05, 0.1) is 7.11 Å². The molecular weight excluding hydrogens is 432 g/mol. The number of amides is 3. The number of aryl methyl sites for hydroxylation is 1. The van der Waals surface area contributed by atoms with Crippen molar-refractivity contribution in [2.24, 2.45) is 13.0 Å². The summed E-state index contributed by atoms with van der Waals surface area (Å²) in [5.41, 5.74) is 6.71. The molecule has 0 spiro atoms. The Morgan fingerprint density at radius 1 is 1.00 bits per heavy atom. The molecule has 3 N–H and O–H groups in total. The Hall–Kier alpha value is -3.52. The van der Waals surface area contributed by atoms with Crippen molar-refractivity contribution in [1.29, 1.82) is 0 Å². The van der Waals surface area contributed by atoms with Crippen molar-refractivity contribution in [3.05, 3.63) is 59.2 Å². The number of methoxy groups -OCH3 is 1. The summed E-state index contributed by atoms with van der Waals surface area (Å²) in [6.07, 6.45) is 0.248. The number of carbonyl (C=O) groups is 3. The fourth-order valence-electron chi connectivity index (χ4n) is 3.37. The summed E-state index contributed by atoms with van der Waals surface area (Å²) >= 11 is 6.00. The standard InChI is InChI=1S/C23H25ClN4O4/c1-14(10-21(29)25-17-5-7-18(32-3)8-6-17)11-22(30)26-27-23(31)20-13-15-12-16(24)4-9-19(15)28(20)2/h4-9,12-14H,10-11H2,1-3H3,(H,25,29)(H,26,30)(H,27,31). The first-order valence-corrected chi connectivity index (χ1v) is 10.4. The highest BCUT2D eigenvalue weighted by Gasteiger charge is 2.17. The lowest BCUT2D eigenvalue weighted by molar-refractivity contribution is -0.123. The molecule has 1 atom stereocenters. The molecule has 0 aliphatic heterocycles. The highest BCUT2D eigenvalue weighted by atomic mass is 35.5. The van der Waals surface area contributed by atoms with Gasteiger partial charge in [-0.1, -0.05) is 18.5 Å². The summed E-state index contributed by atoms with van der Waals surface area (Å²) in [6, 6.07) is 14.0. The molecule has 1 heterocycles. The van der Waals surface area contributed by atoms with E-state index in [0.717, 1.165) is 10.9 Å². The lowest BCUT2D eigenvalue weighted by Gasteiger charge is -2.13. The van der Waals surface area contributed by atoms with Crippen molar-refractivity contribution in [3.63, 3.8) is 0 Å². The van der Waals surface area contributed by atoms with Crippen LogP contribution in [0.3, 0.4) is 0 Å². The number of nitrogens with zero attached hydrogens (tertiary/aromatic N) is 1. The van der Waals surface area contributed by atoms with E-state index in [1.807, 2.05) is 6.07 Å². The lowest BCUT2D eigenvalue weighted by Crippen LogP contribution is -2.42. The van der Waals surface area contributed by atoms with E-state index in [-0.39, 0.29) is 30.6 Å². The molecule has 0 bridgehead atoms. The number of carbonyl (C=O) groups excluding carboxylic acids is 3. The minimum atomic E-state index is -0.446. The van der Waals surface area contributed by atoms with E-state index >= 15 is 0 Å². The second-order valence-electron chi connectivity index (χ2n) is 7.58. The first-order chi connectivity index (χ1) is 15.3. The summed E-state index contributed by atoms with van der Waals surface area (Å²) in [5.74, 6) is -0.552. The number of hydrogen-bond acceptors (Lipinski definition) is 4. The molecule has 1 unspecified atom stereocenters. The van der Waals surface area contributed by atoms with Crippen LogP contribution in [0.15, 0.2) is 48.5 Å². The first-order valence-electron chi connectivity index (χ1n) is 10.0. The third-order valence-electron chi connectivity index (χ3n) is 4.99. The summed E-state index contributed by atoms with van der Waals surface area (Å²) in [4.78, 5) is 36.9. The van der Waals surface area contributed by atoms with Gasteiger partial charge in [0, 0.05) is 41.5 Å². The number of ether oxygens (including phenoxy) is 1. The van der Waals surface area contributed by atoms with Gasteiger partial charge in [0.2, 0.25) is 11.8 Å². The van der Waals surface area contributed by atoms with Gasteiger partial charge in [0.15, 0.2) is 0 Å². The molecule has 3 rings (SSSR count). The predicted molar refractivity (Wildman–Crippen MR) is 124 cm³/mol. The lowest BCUT2D eigenvalue weighted by atomic mass is 10.0. The molecule has 2 aromatic carbocycles. The van der Waals surface area contributed by atoms with Gasteiger partial charge < -0.3 is 14.6 Å². The number of fused-ring (bicyclic) bond motifs is 1. The third kappa shape index (κ3) is 5.79. The maximum Gasteiger partial charge on any atom is 0.286 e. The molecule has 3 amide bonds. The Balaban J connectivity index is 1.47. The van der Waals surface area contributed by atoms with Gasteiger partial charge in [-0.15, -0.1) is 0 Å². The normalized spacial score (nSPS) is 11.6. The Morgan fingerprint density at radius 2 is 1.69 bits per heavy atom. The Morgan fingerprint density at radius 3 is 2.38 bits per heavy atom. The van der Waals surface area contributed by atoms with E-state index in [4.69, 9.17) is 16.3 Å². The highest BCUT2D eigenvalue weighted by Crippen LogP contribution is 2.22. The van der Waals surface area contributed by atoms with Crippen molar-refractivity contribution in [2.45, 2.75) is 19.8 Å². The molecule has 0 saturated carbocycles. The van der Waals surface area contributed by atoms with E-state index in [1.54, 1.807) is 68.1 Å². The molecule has 9 heteroatoms. The molecule has 1 aromatic heterocycles. The van der Waals surface area contributed by atoms with Gasteiger partial charge >= 0.3 is 0 Å². The average molecular weight is 457 g/mol. The Labute approximate surface area is 190 Å². The molecule has 8 nitrogen and oxygen atoms in total. The van der Waals surface area contributed by atoms with Crippen LogP contribution in [-0.4, -0.2) is 29.4 Å². The zero-order valence-electron chi connectivity index (χ0n) is 18.1. The van der Waals surface area contributed by atoms with E-state index in [0.29, 0.717) is 22.2 Å². The van der Waals surface area contributed by atoms with Crippen LogP contribution in [0, 0.1) is 5.92 Å². The van der Waals surface area contributed by atoms with Gasteiger partial charge in [-0.2, -0.15) is 0 Å². The predicted octanol–water partition coefficient (Wildman–Crippen LogP) is 3.66. The quantitative estimate of drug-likeness (QED) is 0.472. The number of anilines is 1. The Bertz CT molecular complexity index is 1140. The van der Waals surface area contributed by atoms with Gasteiger partial charge in [0.25, 0.3) is 5.91 Å². The van der Waals surface area contributed by atoms with Gasteiger partial charge in [0.1, 0.15) is 11.4 Å². The summed E-state index contributed by atoms with van der Waals surface area (Å²) in [6.45, 7) is 1.79. The zero-order valence-corrected chi connectivity index (χ0v) is 18.8. The number of benzene rings is 2. The van der Waals surface area contributed by atoms with Crippen molar-refractivity contribution >= 4 is 45.9 Å². The molecular formula is C23H25ClN4O4. The molecule has 3 aromatic rings. The van der Waals surface area contributed by atoms with E-state index < -0.39 is 5.91 Å². The van der Waals surface area contributed by atoms with Crippen molar-refractivity contribution in [2.75, 3.05) is 12.4 Å². The van der Waals surface area contributed by atoms with Crippen LogP contribution in [0.5, 0.6) is 5.75 Å². The fraction of sp³-hybridized carbons (Fsp3) is 0.261. The van der Waals surface area contributed by atoms with Gasteiger partial charge in [-0.05, 0) is 54.4 Å². The maximum atomic E-state index is 12.5. The van der Waals surface area contributed by atoms with Crippen LogP contribution in [0.1, 0.15) is 30.3 Å². The largest absolute Gasteiger partial charge is 0.497 e. The highest BCUT2D eigenvalue weighted by molar-refractivity contribution is 6.31. The number of rotatable bonds is 7. The third-order valence-corrected chi connectivity index (χ3v) is 5.23. The molecule has 0 fully saturated rings. The van der Waals surface area contributed by atoms with E-state index in [9.17, 15) is 14.4 Å². The zero-order chi connectivity index (χ0) is 23.3. The molecule has 0 aliphatic rings. The second-order valence-corrected chi connectivity index (χ2v) is 8.02. The average Bonchev–Trinajstić information content (AvgIpc) is 3.08. The first kappa shape index (κ1) is 23.1. The summed E-state index contributed by atoms with van der Waals surface area (Å²) in [5, 5.41) is 4.19. The fourth-order valence-corrected chi connectivity index (χ4v) is 3.55.